The van der Waals surface area contributed by atoms with Crippen LogP contribution in [0.2, 0.25) is 0 Å². The summed E-state index contributed by atoms with van der Waals surface area (Å²) in [6, 6.07) is 44.0. The van der Waals surface area contributed by atoms with Crippen LogP contribution in [0.1, 0.15) is 36.8 Å². The summed E-state index contributed by atoms with van der Waals surface area (Å²) in [6.45, 7) is 0. The molecule has 0 bridgehead atoms. The Morgan fingerprint density at radius 1 is 0.532 bits per heavy atom. The van der Waals surface area contributed by atoms with Gasteiger partial charge in [0.15, 0.2) is 11.6 Å². The molecule has 0 radical (unpaired) electrons. The van der Waals surface area contributed by atoms with Crippen LogP contribution in [0.15, 0.2) is 182 Å². The Morgan fingerprint density at radius 3 is 2.03 bits per heavy atom. The molecule has 6 heterocycles. The number of hydrogen-bond donors (Lipinski definition) is 0. The van der Waals surface area contributed by atoms with E-state index in [1.54, 1.807) is 12.4 Å². The summed E-state index contributed by atoms with van der Waals surface area (Å²) < 4.78 is 4.46. The van der Waals surface area contributed by atoms with Crippen molar-refractivity contribution >= 4 is 49.3 Å². The number of aromatic nitrogens is 9. The van der Waals surface area contributed by atoms with Gasteiger partial charge in [0, 0.05) is 40.2 Å². The van der Waals surface area contributed by atoms with Gasteiger partial charge in [-0.1, -0.05) is 103 Å². The van der Waals surface area contributed by atoms with Gasteiger partial charge in [-0.3, -0.25) is 14.5 Å². The predicted octanol–water partition coefficient (Wildman–Crippen LogP) is 12.0. The normalized spacial score (nSPS) is 15.0. The van der Waals surface area contributed by atoms with Gasteiger partial charge in [-0.25, -0.2) is 15.0 Å². The van der Waals surface area contributed by atoms with E-state index in [0.29, 0.717) is 17.5 Å². The fraction of sp³-hybridized carbons (Fsp3) is 0.0755. The minimum atomic E-state index is 0.0769. The second kappa shape index (κ2) is 14.8. The Morgan fingerprint density at radius 2 is 1.27 bits per heavy atom. The molecule has 0 saturated carbocycles. The lowest BCUT2D eigenvalue weighted by atomic mass is 9.99. The van der Waals surface area contributed by atoms with E-state index in [1.807, 2.05) is 42.5 Å². The van der Waals surface area contributed by atoms with Crippen molar-refractivity contribution in [3.8, 4) is 45.7 Å². The topological polar surface area (TPSA) is 100 Å². The minimum Gasteiger partial charge on any atom is -0.306 e. The van der Waals surface area contributed by atoms with Crippen LogP contribution in [0.25, 0.3) is 95.0 Å². The summed E-state index contributed by atoms with van der Waals surface area (Å²) in [5.41, 5.74) is 11.3. The van der Waals surface area contributed by atoms with Gasteiger partial charge in [-0.2, -0.15) is 9.97 Å². The summed E-state index contributed by atoms with van der Waals surface area (Å²) in [6.07, 6.45) is 21.3. The van der Waals surface area contributed by atoms with Crippen LogP contribution in [0.4, 0.5) is 0 Å². The molecule has 0 aliphatic heterocycles. The molecule has 9 nitrogen and oxygen atoms in total. The fourth-order valence-corrected chi connectivity index (χ4v) is 8.93. The van der Waals surface area contributed by atoms with Gasteiger partial charge in [-0.15, -0.1) is 0 Å². The van der Waals surface area contributed by atoms with Gasteiger partial charge in [0.25, 0.3) is 0 Å². The third-order valence-electron chi connectivity index (χ3n) is 11.9. The molecule has 4 aromatic carbocycles. The molecule has 0 fully saturated rings. The zero-order valence-electron chi connectivity index (χ0n) is 33.5. The van der Waals surface area contributed by atoms with Crippen molar-refractivity contribution in [2.24, 2.45) is 0 Å². The first-order chi connectivity index (χ1) is 30.7. The van der Waals surface area contributed by atoms with Gasteiger partial charge in [0.05, 0.1) is 22.2 Å². The number of hydrogen-bond acceptors (Lipinski definition) is 7. The fourth-order valence-electron chi connectivity index (χ4n) is 8.93. The SMILES string of the molecule is C1=CCCC(c2nc(C3C=CC=CC3)nc(-n3c4ccccc4c4cc(-c5ccc6c(c5)c5nc(-c7ccccn7)nc(-c7ccccn7)c5n6-c5ccccc5)ccc43)n2)=C1. The van der Waals surface area contributed by atoms with Crippen molar-refractivity contribution in [2.45, 2.75) is 25.2 Å². The maximum absolute atomic E-state index is 5.29. The molecular formula is C53H37N9. The van der Waals surface area contributed by atoms with E-state index >= 15 is 0 Å². The van der Waals surface area contributed by atoms with Crippen molar-refractivity contribution in [1.29, 1.82) is 0 Å². The van der Waals surface area contributed by atoms with E-state index in [9.17, 15) is 0 Å². The first-order valence-electron chi connectivity index (χ1n) is 21.0. The van der Waals surface area contributed by atoms with E-state index in [-0.39, 0.29) is 5.92 Å². The monoisotopic (exact) mass is 799 g/mol. The maximum Gasteiger partial charge on any atom is 0.238 e. The molecule has 0 amide bonds. The van der Waals surface area contributed by atoms with Crippen LogP contribution in [0.3, 0.4) is 0 Å². The molecule has 294 valence electrons. The molecule has 9 heteroatoms. The third kappa shape index (κ3) is 6.05. The lowest BCUT2D eigenvalue weighted by Gasteiger charge is -2.16. The number of fused-ring (bicyclic) bond motifs is 6. The molecule has 1 atom stereocenters. The summed E-state index contributed by atoms with van der Waals surface area (Å²) in [5, 5.41) is 3.25. The van der Waals surface area contributed by atoms with Gasteiger partial charge in [0.2, 0.25) is 5.95 Å². The quantitative estimate of drug-likeness (QED) is 0.158. The van der Waals surface area contributed by atoms with E-state index in [4.69, 9.17) is 29.9 Å². The molecule has 0 spiro atoms. The summed E-state index contributed by atoms with van der Waals surface area (Å²) in [7, 11) is 0. The largest absolute Gasteiger partial charge is 0.306 e. The van der Waals surface area contributed by atoms with Gasteiger partial charge >= 0.3 is 0 Å². The van der Waals surface area contributed by atoms with Crippen LogP contribution in [0.5, 0.6) is 0 Å². The van der Waals surface area contributed by atoms with Gasteiger partial charge < -0.3 is 4.57 Å². The lowest BCUT2D eigenvalue weighted by Crippen LogP contribution is -2.13. The van der Waals surface area contributed by atoms with E-state index < -0.39 is 0 Å². The zero-order valence-corrected chi connectivity index (χ0v) is 33.5. The summed E-state index contributed by atoms with van der Waals surface area (Å²) in [4.78, 5) is 35.4. The second-order valence-corrected chi connectivity index (χ2v) is 15.6. The zero-order chi connectivity index (χ0) is 41.0. The number of rotatable bonds is 7. The molecule has 62 heavy (non-hydrogen) atoms. The molecule has 1 unspecified atom stereocenters. The molecule has 6 aromatic heterocycles. The van der Waals surface area contributed by atoms with Gasteiger partial charge in [-0.05, 0) is 103 Å². The highest BCUT2D eigenvalue weighted by atomic mass is 15.2. The minimum absolute atomic E-state index is 0.0769. The van der Waals surface area contributed by atoms with Crippen LogP contribution in [-0.2, 0) is 0 Å². The lowest BCUT2D eigenvalue weighted by molar-refractivity contribution is 0.739. The highest BCUT2D eigenvalue weighted by Crippen LogP contribution is 2.40. The Kier molecular flexibility index (Phi) is 8.55. The number of allylic oxidation sites excluding steroid dienone is 8. The number of pyridine rings is 2. The maximum atomic E-state index is 5.29. The number of nitrogens with zero attached hydrogens (tertiary/aromatic N) is 9. The van der Waals surface area contributed by atoms with Crippen LogP contribution >= 0.6 is 0 Å². The van der Waals surface area contributed by atoms with E-state index in [2.05, 4.69) is 142 Å². The Labute approximate surface area is 356 Å². The average molecular weight is 800 g/mol. The predicted molar refractivity (Wildman–Crippen MR) is 248 cm³/mol. The van der Waals surface area contributed by atoms with Crippen molar-refractivity contribution in [3.63, 3.8) is 0 Å². The molecule has 2 aliphatic carbocycles. The van der Waals surface area contributed by atoms with Crippen LogP contribution in [0, 0.1) is 0 Å². The first kappa shape index (κ1) is 35.7. The van der Waals surface area contributed by atoms with Crippen molar-refractivity contribution in [1.82, 2.24) is 44.0 Å². The second-order valence-electron chi connectivity index (χ2n) is 15.6. The van der Waals surface area contributed by atoms with Crippen molar-refractivity contribution < 1.29 is 0 Å². The molecule has 2 aliphatic rings. The molecule has 0 N–H and O–H groups in total. The molecular weight excluding hydrogens is 763 g/mol. The van der Waals surface area contributed by atoms with Crippen molar-refractivity contribution in [3.05, 3.63) is 194 Å². The Hall–Kier alpha value is -8.17. The first-order valence-corrected chi connectivity index (χ1v) is 21.0. The molecule has 12 rings (SSSR count). The number of para-hydroxylation sites is 2. The standard InChI is InChI=1S/C53H37N9/c1-4-16-34(17-5-1)50-58-51(35-18-6-2-7-19-35)60-53(59-50)62-44-25-11-10-22-39(44)40-32-36(26-28-45(40)62)37-27-29-46-41(33-37)47-49(61(46)38-20-8-3-9-21-38)48(42-23-12-14-30-54-42)57-52(56-47)43-24-13-15-31-55-43/h1-6,8-16,18,20-34H,7,17,19H2. The highest BCUT2D eigenvalue weighted by Gasteiger charge is 2.24. The van der Waals surface area contributed by atoms with E-state index in [1.165, 1.54) is 0 Å². The molecule has 10 aromatic rings. The van der Waals surface area contributed by atoms with Crippen molar-refractivity contribution in [2.75, 3.05) is 0 Å². The third-order valence-corrected chi connectivity index (χ3v) is 11.9. The Bertz CT molecular complexity index is 3490. The van der Waals surface area contributed by atoms with Gasteiger partial charge in [0.1, 0.15) is 28.2 Å². The smallest absolute Gasteiger partial charge is 0.238 e. The molecule has 0 saturated heterocycles. The highest BCUT2D eigenvalue weighted by molar-refractivity contribution is 6.13. The number of benzene rings is 4. The summed E-state index contributed by atoms with van der Waals surface area (Å²) >= 11 is 0. The van der Waals surface area contributed by atoms with Crippen LogP contribution < -0.4 is 0 Å². The average Bonchev–Trinajstić information content (AvgIpc) is 3.87. The summed E-state index contributed by atoms with van der Waals surface area (Å²) in [5.74, 6) is 2.77. The Balaban J connectivity index is 1.07. The van der Waals surface area contributed by atoms with E-state index in [0.717, 1.165) is 108 Å². The van der Waals surface area contributed by atoms with Crippen LogP contribution in [-0.4, -0.2) is 44.0 Å².